The minimum Gasteiger partial charge on any atom is -0.324 e. The first-order valence-electron chi connectivity index (χ1n) is 4.15. The van der Waals surface area contributed by atoms with Crippen molar-refractivity contribution >= 4 is 11.6 Å². The smallest absolute Gasteiger partial charge is 0.130 e. The number of rotatable bonds is 1. The molecule has 3 heteroatoms. The molecule has 1 aromatic carbocycles. The van der Waals surface area contributed by atoms with E-state index in [1.54, 1.807) is 19.9 Å². The number of benzene rings is 1. The topological polar surface area (TPSA) is 26.0 Å². The summed E-state index contributed by atoms with van der Waals surface area (Å²) in [6.07, 6.45) is 0. The van der Waals surface area contributed by atoms with Crippen molar-refractivity contribution in [2.45, 2.75) is 26.8 Å². The molecule has 0 heterocycles. The van der Waals surface area contributed by atoms with Crippen LogP contribution in [-0.4, -0.2) is 0 Å². The Morgan fingerprint density at radius 1 is 1.38 bits per heavy atom. The van der Waals surface area contributed by atoms with Gasteiger partial charge in [0.1, 0.15) is 5.82 Å². The molecule has 1 rings (SSSR count). The van der Waals surface area contributed by atoms with Crippen LogP contribution in [0, 0.1) is 19.7 Å². The van der Waals surface area contributed by atoms with E-state index >= 15 is 0 Å². The molecule has 72 valence electrons. The van der Waals surface area contributed by atoms with Crippen LogP contribution in [0.2, 0.25) is 5.02 Å². The van der Waals surface area contributed by atoms with E-state index in [2.05, 4.69) is 0 Å². The molecule has 0 bridgehead atoms. The second-order valence-electron chi connectivity index (χ2n) is 3.30. The zero-order chi connectivity index (χ0) is 10.2. The molecular formula is C10H13ClFN. The van der Waals surface area contributed by atoms with Crippen LogP contribution in [0.1, 0.15) is 29.7 Å². The molecule has 0 aliphatic heterocycles. The Kier molecular flexibility index (Phi) is 2.94. The third-order valence-corrected chi connectivity index (χ3v) is 2.62. The van der Waals surface area contributed by atoms with E-state index in [0.717, 1.165) is 5.56 Å². The highest BCUT2D eigenvalue weighted by Gasteiger charge is 2.13. The van der Waals surface area contributed by atoms with Gasteiger partial charge >= 0.3 is 0 Å². The van der Waals surface area contributed by atoms with Gasteiger partial charge in [0.25, 0.3) is 0 Å². The number of halogens is 2. The summed E-state index contributed by atoms with van der Waals surface area (Å²) < 4.78 is 13.5. The molecule has 0 aliphatic carbocycles. The molecule has 1 atom stereocenters. The van der Waals surface area contributed by atoms with Crippen LogP contribution in [0.4, 0.5) is 4.39 Å². The normalized spacial score (nSPS) is 13.1. The molecule has 0 radical (unpaired) electrons. The molecule has 0 fully saturated rings. The van der Waals surface area contributed by atoms with Gasteiger partial charge in [0.15, 0.2) is 0 Å². The van der Waals surface area contributed by atoms with Crippen molar-refractivity contribution in [1.29, 1.82) is 0 Å². The van der Waals surface area contributed by atoms with E-state index in [4.69, 9.17) is 17.3 Å². The molecule has 0 spiro atoms. The van der Waals surface area contributed by atoms with Crippen LogP contribution < -0.4 is 5.73 Å². The minimum atomic E-state index is -0.250. The molecule has 1 aromatic rings. The number of hydrogen-bond acceptors (Lipinski definition) is 1. The van der Waals surface area contributed by atoms with E-state index in [1.165, 1.54) is 0 Å². The Morgan fingerprint density at radius 2 is 1.92 bits per heavy atom. The first kappa shape index (κ1) is 10.5. The predicted molar refractivity (Wildman–Crippen MR) is 53.5 cm³/mol. The summed E-state index contributed by atoms with van der Waals surface area (Å²) in [5, 5.41) is 0.440. The lowest BCUT2D eigenvalue weighted by Crippen LogP contribution is -2.09. The Morgan fingerprint density at radius 3 is 2.38 bits per heavy atom. The Balaban J connectivity index is 3.41. The van der Waals surface area contributed by atoms with Crippen molar-refractivity contribution in [3.8, 4) is 0 Å². The van der Waals surface area contributed by atoms with Crippen molar-refractivity contribution in [2.24, 2.45) is 5.73 Å². The van der Waals surface area contributed by atoms with Crippen LogP contribution >= 0.6 is 11.6 Å². The maximum Gasteiger partial charge on any atom is 0.130 e. The fourth-order valence-corrected chi connectivity index (χ4v) is 1.54. The summed E-state index contributed by atoms with van der Waals surface area (Å²) in [5.41, 5.74) is 7.53. The largest absolute Gasteiger partial charge is 0.324 e. The van der Waals surface area contributed by atoms with Gasteiger partial charge in [-0.3, -0.25) is 0 Å². The van der Waals surface area contributed by atoms with Crippen molar-refractivity contribution < 1.29 is 4.39 Å². The van der Waals surface area contributed by atoms with Gasteiger partial charge in [-0.05, 0) is 38.0 Å². The molecule has 0 amide bonds. The van der Waals surface area contributed by atoms with Gasteiger partial charge < -0.3 is 5.73 Å². The van der Waals surface area contributed by atoms with E-state index in [-0.39, 0.29) is 11.9 Å². The lowest BCUT2D eigenvalue weighted by molar-refractivity contribution is 0.602. The van der Waals surface area contributed by atoms with Gasteiger partial charge in [0.2, 0.25) is 0 Å². The summed E-state index contributed by atoms with van der Waals surface area (Å²) >= 11 is 5.84. The molecule has 0 saturated carbocycles. The lowest BCUT2D eigenvalue weighted by Gasteiger charge is -2.13. The zero-order valence-corrected chi connectivity index (χ0v) is 8.74. The highest BCUT2D eigenvalue weighted by atomic mass is 35.5. The molecular weight excluding hydrogens is 189 g/mol. The van der Waals surface area contributed by atoms with Crippen molar-refractivity contribution in [1.82, 2.24) is 0 Å². The molecule has 0 aliphatic rings. The number of hydrogen-bond donors (Lipinski definition) is 1. The van der Waals surface area contributed by atoms with Crippen LogP contribution in [0.3, 0.4) is 0 Å². The van der Waals surface area contributed by atoms with Gasteiger partial charge in [0.05, 0.1) is 0 Å². The molecule has 0 aromatic heterocycles. The summed E-state index contributed by atoms with van der Waals surface area (Å²) in [5.74, 6) is -0.250. The van der Waals surface area contributed by atoms with Gasteiger partial charge in [-0.25, -0.2) is 4.39 Å². The van der Waals surface area contributed by atoms with Crippen LogP contribution in [-0.2, 0) is 0 Å². The first-order chi connectivity index (χ1) is 5.95. The number of nitrogens with two attached hydrogens (primary N) is 1. The van der Waals surface area contributed by atoms with Crippen LogP contribution in [0.5, 0.6) is 0 Å². The lowest BCUT2D eigenvalue weighted by atomic mass is 10.00. The maximum atomic E-state index is 13.5. The predicted octanol–water partition coefficient (Wildman–Crippen LogP) is 3.12. The third-order valence-electron chi connectivity index (χ3n) is 2.22. The van der Waals surface area contributed by atoms with E-state index in [1.807, 2.05) is 6.92 Å². The van der Waals surface area contributed by atoms with Crippen molar-refractivity contribution in [3.05, 3.63) is 33.6 Å². The summed E-state index contributed by atoms with van der Waals surface area (Å²) in [7, 11) is 0. The van der Waals surface area contributed by atoms with Crippen LogP contribution in [0.25, 0.3) is 0 Å². The standard InChI is InChI=1S/C10H13ClFN/c1-5-8(7(3)13)4-9(11)6(2)10(5)12/h4,7H,13H2,1-3H3. The summed E-state index contributed by atoms with van der Waals surface area (Å²) in [6.45, 7) is 5.19. The van der Waals surface area contributed by atoms with E-state index in [9.17, 15) is 4.39 Å². The highest BCUT2D eigenvalue weighted by molar-refractivity contribution is 6.31. The fraction of sp³-hybridized carbons (Fsp3) is 0.400. The van der Waals surface area contributed by atoms with E-state index in [0.29, 0.717) is 16.1 Å². The van der Waals surface area contributed by atoms with Gasteiger partial charge in [-0.1, -0.05) is 11.6 Å². The monoisotopic (exact) mass is 201 g/mol. The zero-order valence-electron chi connectivity index (χ0n) is 7.99. The highest BCUT2D eigenvalue weighted by Crippen LogP contribution is 2.27. The summed E-state index contributed by atoms with van der Waals surface area (Å²) in [6, 6.07) is 1.55. The average Bonchev–Trinajstić information content (AvgIpc) is 2.07. The Hall–Kier alpha value is -0.600. The van der Waals surface area contributed by atoms with Gasteiger partial charge in [0, 0.05) is 16.6 Å². The van der Waals surface area contributed by atoms with E-state index < -0.39 is 0 Å². The summed E-state index contributed by atoms with van der Waals surface area (Å²) in [4.78, 5) is 0. The van der Waals surface area contributed by atoms with Gasteiger partial charge in [-0.2, -0.15) is 0 Å². The molecule has 1 nitrogen and oxygen atoms in total. The Labute approximate surface area is 82.7 Å². The first-order valence-corrected chi connectivity index (χ1v) is 4.53. The Bertz CT molecular complexity index is 334. The van der Waals surface area contributed by atoms with Crippen LogP contribution in [0.15, 0.2) is 6.07 Å². The maximum absolute atomic E-state index is 13.5. The quantitative estimate of drug-likeness (QED) is 0.743. The fourth-order valence-electron chi connectivity index (χ4n) is 1.34. The molecule has 13 heavy (non-hydrogen) atoms. The minimum absolute atomic E-state index is 0.187. The van der Waals surface area contributed by atoms with Crippen molar-refractivity contribution in [2.75, 3.05) is 0 Å². The molecule has 0 saturated heterocycles. The SMILES string of the molecule is Cc1c(Cl)cc(C(C)N)c(C)c1F. The van der Waals surface area contributed by atoms with Crippen molar-refractivity contribution in [3.63, 3.8) is 0 Å². The second-order valence-corrected chi connectivity index (χ2v) is 3.71. The third kappa shape index (κ3) is 1.84. The van der Waals surface area contributed by atoms with Gasteiger partial charge in [-0.15, -0.1) is 0 Å². The molecule has 1 unspecified atom stereocenters. The average molecular weight is 202 g/mol. The molecule has 2 N–H and O–H groups in total. The second kappa shape index (κ2) is 3.64.